The molecule has 4 nitrogen and oxygen atoms in total. The van der Waals surface area contributed by atoms with Crippen molar-refractivity contribution in [2.75, 3.05) is 0 Å². The van der Waals surface area contributed by atoms with E-state index in [2.05, 4.69) is 15.1 Å². The standard InChI is InChI=1S/C16H10FN3O/c17-13-3-1-2-11(8-13)15-19-16(21-20-15)12-5-4-10-6-7-18-14(10)9-12/h1-9,18H. The molecule has 0 unspecified atom stereocenters. The minimum absolute atomic E-state index is 0.327. The molecule has 0 atom stereocenters. The van der Waals surface area contributed by atoms with E-state index in [1.165, 1.54) is 12.1 Å². The number of nitrogens with zero attached hydrogens (tertiary/aromatic N) is 2. The summed E-state index contributed by atoms with van der Waals surface area (Å²) in [5.41, 5.74) is 2.41. The summed E-state index contributed by atoms with van der Waals surface area (Å²) in [5.74, 6) is 0.452. The molecule has 0 radical (unpaired) electrons. The molecule has 4 rings (SSSR count). The monoisotopic (exact) mass is 279 g/mol. The van der Waals surface area contributed by atoms with Crippen LogP contribution < -0.4 is 0 Å². The Kier molecular flexibility index (Phi) is 2.57. The molecule has 0 aliphatic rings. The summed E-state index contributed by atoms with van der Waals surface area (Å²) in [4.78, 5) is 7.46. The van der Waals surface area contributed by atoms with Crippen LogP contribution in [0, 0.1) is 5.82 Å². The molecular formula is C16H10FN3O. The number of fused-ring (bicyclic) bond motifs is 1. The van der Waals surface area contributed by atoms with Crippen molar-refractivity contribution < 1.29 is 8.91 Å². The van der Waals surface area contributed by atoms with Gasteiger partial charge in [0, 0.05) is 22.8 Å². The summed E-state index contributed by atoms with van der Waals surface area (Å²) in [6, 6.07) is 13.9. The number of nitrogens with one attached hydrogen (secondary N) is 1. The van der Waals surface area contributed by atoms with Crippen molar-refractivity contribution in [3.05, 3.63) is 60.5 Å². The summed E-state index contributed by atoms with van der Waals surface area (Å²) >= 11 is 0. The molecule has 2 aromatic carbocycles. The SMILES string of the molecule is Fc1cccc(-c2noc(-c3ccc4cc[nH]c4c3)n2)c1. The number of aromatic nitrogens is 3. The lowest BCUT2D eigenvalue weighted by Gasteiger charge is -1.95. The van der Waals surface area contributed by atoms with Gasteiger partial charge in [-0.3, -0.25) is 0 Å². The van der Waals surface area contributed by atoms with Gasteiger partial charge in [0.1, 0.15) is 5.82 Å². The van der Waals surface area contributed by atoms with Crippen molar-refractivity contribution in [3.8, 4) is 22.8 Å². The second kappa shape index (κ2) is 4.56. The van der Waals surface area contributed by atoms with Crippen LogP contribution in [0.3, 0.4) is 0 Å². The molecule has 102 valence electrons. The normalized spacial score (nSPS) is 11.1. The van der Waals surface area contributed by atoms with Crippen LogP contribution in [-0.2, 0) is 0 Å². The van der Waals surface area contributed by atoms with Crippen LogP contribution in [0.1, 0.15) is 0 Å². The maximum Gasteiger partial charge on any atom is 0.258 e. The van der Waals surface area contributed by atoms with Gasteiger partial charge in [-0.1, -0.05) is 23.4 Å². The first kappa shape index (κ1) is 11.8. The lowest BCUT2D eigenvalue weighted by molar-refractivity contribution is 0.432. The average Bonchev–Trinajstić information content (AvgIpc) is 3.15. The molecule has 21 heavy (non-hydrogen) atoms. The van der Waals surface area contributed by atoms with Crippen molar-refractivity contribution in [1.82, 2.24) is 15.1 Å². The molecule has 2 aromatic heterocycles. The lowest BCUT2D eigenvalue weighted by Crippen LogP contribution is -1.83. The third-order valence-electron chi connectivity index (χ3n) is 3.31. The Morgan fingerprint density at radius 3 is 2.86 bits per heavy atom. The van der Waals surface area contributed by atoms with Gasteiger partial charge in [-0.15, -0.1) is 0 Å². The lowest BCUT2D eigenvalue weighted by atomic mass is 10.1. The predicted octanol–water partition coefficient (Wildman–Crippen LogP) is 4.02. The molecule has 0 bridgehead atoms. The third-order valence-corrected chi connectivity index (χ3v) is 3.31. The third kappa shape index (κ3) is 2.08. The van der Waals surface area contributed by atoms with Gasteiger partial charge in [0.2, 0.25) is 5.82 Å². The highest BCUT2D eigenvalue weighted by atomic mass is 19.1. The van der Waals surface area contributed by atoms with Crippen LogP contribution in [0.5, 0.6) is 0 Å². The Bertz CT molecular complexity index is 926. The van der Waals surface area contributed by atoms with Gasteiger partial charge >= 0.3 is 0 Å². The zero-order valence-corrected chi connectivity index (χ0v) is 10.9. The van der Waals surface area contributed by atoms with Crippen molar-refractivity contribution in [2.45, 2.75) is 0 Å². The summed E-state index contributed by atoms with van der Waals surface area (Å²) in [6.45, 7) is 0. The molecule has 0 amide bonds. The van der Waals surface area contributed by atoms with Crippen LogP contribution in [0.2, 0.25) is 0 Å². The summed E-state index contributed by atoms with van der Waals surface area (Å²) < 4.78 is 18.5. The number of hydrogen-bond donors (Lipinski definition) is 1. The highest BCUT2D eigenvalue weighted by Crippen LogP contribution is 2.25. The topological polar surface area (TPSA) is 54.7 Å². The van der Waals surface area contributed by atoms with Gasteiger partial charge < -0.3 is 9.51 Å². The minimum Gasteiger partial charge on any atom is -0.361 e. The molecular weight excluding hydrogens is 269 g/mol. The highest BCUT2D eigenvalue weighted by molar-refractivity contribution is 5.83. The predicted molar refractivity (Wildman–Crippen MR) is 77.0 cm³/mol. The van der Waals surface area contributed by atoms with Gasteiger partial charge in [-0.05, 0) is 35.7 Å². The zero-order chi connectivity index (χ0) is 14.2. The van der Waals surface area contributed by atoms with E-state index in [0.29, 0.717) is 17.3 Å². The fraction of sp³-hybridized carbons (Fsp3) is 0. The first-order chi connectivity index (χ1) is 10.3. The van der Waals surface area contributed by atoms with Gasteiger partial charge in [0.25, 0.3) is 5.89 Å². The number of benzene rings is 2. The molecule has 0 aliphatic carbocycles. The van der Waals surface area contributed by atoms with Crippen LogP contribution in [0.25, 0.3) is 33.7 Å². The second-order valence-electron chi connectivity index (χ2n) is 4.71. The number of H-pyrrole nitrogens is 1. The van der Waals surface area contributed by atoms with E-state index in [9.17, 15) is 4.39 Å². The molecule has 0 fully saturated rings. The van der Waals surface area contributed by atoms with Crippen molar-refractivity contribution in [2.24, 2.45) is 0 Å². The first-order valence-electron chi connectivity index (χ1n) is 6.47. The largest absolute Gasteiger partial charge is 0.361 e. The van der Waals surface area contributed by atoms with E-state index in [1.54, 1.807) is 12.1 Å². The Morgan fingerprint density at radius 2 is 1.95 bits per heavy atom. The molecule has 0 spiro atoms. The van der Waals surface area contributed by atoms with Crippen molar-refractivity contribution in [1.29, 1.82) is 0 Å². The first-order valence-corrected chi connectivity index (χ1v) is 6.47. The number of halogens is 1. The van der Waals surface area contributed by atoms with E-state index in [0.717, 1.165) is 16.5 Å². The quantitative estimate of drug-likeness (QED) is 0.603. The average molecular weight is 279 g/mol. The smallest absolute Gasteiger partial charge is 0.258 e. The number of hydrogen-bond acceptors (Lipinski definition) is 3. The molecule has 4 aromatic rings. The van der Waals surface area contributed by atoms with Crippen molar-refractivity contribution in [3.63, 3.8) is 0 Å². The van der Waals surface area contributed by atoms with Crippen molar-refractivity contribution >= 4 is 10.9 Å². The molecule has 0 saturated heterocycles. The number of aromatic amines is 1. The highest BCUT2D eigenvalue weighted by Gasteiger charge is 2.11. The van der Waals surface area contributed by atoms with Gasteiger partial charge in [0.15, 0.2) is 0 Å². The fourth-order valence-corrected chi connectivity index (χ4v) is 2.27. The van der Waals surface area contributed by atoms with Gasteiger partial charge in [-0.2, -0.15) is 4.98 Å². The minimum atomic E-state index is -0.327. The summed E-state index contributed by atoms with van der Waals surface area (Å²) in [6.07, 6.45) is 1.88. The van der Waals surface area contributed by atoms with Gasteiger partial charge in [-0.25, -0.2) is 4.39 Å². The Balaban J connectivity index is 1.76. The summed E-state index contributed by atoms with van der Waals surface area (Å²) in [7, 11) is 0. The number of rotatable bonds is 2. The van der Waals surface area contributed by atoms with E-state index in [4.69, 9.17) is 4.52 Å². The van der Waals surface area contributed by atoms with Crippen LogP contribution in [0.15, 0.2) is 59.3 Å². The molecule has 1 N–H and O–H groups in total. The van der Waals surface area contributed by atoms with Crippen LogP contribution in [-0.4, -0.2) is 15.1 Å². The molecule has 0 aliphatic heterocycles. The van der Waals surface area contributed by atoms with E-state index < -0.39 is 0 Å². The fourth-order valence-electron chi connectivity index (χ4n) is 2.27. The molecule has 2 heterocycles. The maximum atomic E-state index is 13.2. The molecule has 0 saturated carbocycles. The van der Waals surface area contributed by atoms with Crippen LogP contribution in [0.4, 0.5) is 4.39 Å². The molecule has 5 heteroatoms. The van der Waals surface area contributed by atoms with E-state index >= 15 is 0 Å². The second-order valence-corrected chi connectivity index (χ2v) is 4.71. The Hall–Kier alpha value is -2.95. The van der Waals surface area contributed by atoms with Gasteiger partial charge in [0.05, 0.1) is 0 Å². The Labute approximate surface area is 119 Å². The summed E-state index contributed by atoms with van der Waals surface area (Å²) in [5, 5.41) is 5.02. The zero-order valence-electron chi connectivity index (χ0n) is 10.9. The Morgan fingerprint density at radius 1 is 1.00 bits per heavy atom. The maximum absolute atomic E-state index is 13.2. The van der Waals surface area contributed by atoms with Crippen LogP contribution >= 0.6 is 0 Å². The van der Waals surface area contributed by atoms with E-state index in [-0.39, 0.29) is 5.82 Å². The van der Waals surface area contributed by atoms with E-state index in [1.807, 2.05) is 30.5 Å².